The minimum absolute atomic E-state index is 0.0371. The van der Waals surface area contributed by atoms with E-state index < -0.39 is 27.6 Å². The predicted molar refractivity (Wildman–Crippen MR) is 88.9 cm³/mol. The first-order valence-corrected chi connectivity index (χ1v) is 8.87. The van der Waals surface area contributed by atoms with Crippen LogP contribution in [0.1, 0.15) is 20.8 Å². The summed E-state index contributed by atoms with van der Waals surface area (Å²) in [5.41, 5.74) is -0.643. The molecule has 2 amide bonds. The molecular weight excluding hydrogens is 334 g/mol. The van der Waals surface area contributed by atoms with Gasteiger partial charge in [0.1, 0.15) is 5.60 Å². The molecule has 1 aromatic rings. The van der Waals surface area contributed by atoms with Crippen LogP contribution in [0.15, 0.2) is 35.2 Å². The Balaban J connectivity index is 2.26. The molecule has 0 spiro atoms. The van der Waals surface area contributed by atoms with E-state index in [0.29, 0.717) is 0 Å². The second-order valence-corrected chi connectivity index (χ2v) is 7.68. The first-order chi connectivity index (χ1) is 11.1. The smallest absolute Gasteiger partial charge is 0.408 e. The molecule has 9 heteroatoms. The van der Waals surface area contributed by atoms with Gasteiger partial charge in [0.15, 0.2) is 0 Å². The number of rotatable bonds is 7. The van der Waals surface area contributed by atoms with Crippen molar-refractivity contribution in [1.29, 1.82) is 0 Å². The number of alkyl carbamates (subject to hydrolysis) is 1. The summed E-state index contributed by atoms with van der Waals surface area (Å²) in [6, 6.07) is 7.92. The summed E-state index contributed by atoms with van der Waals surface area (Å²) in [5, 5.41) is 4.80. The molecule has 0 aliphatic carbocycles. The Morgan fingerprint density at radius 2 is 1.67 bits per heavy atom. The standard InChI is InChI=1S/C15H23N3O5S/c1-15(2,3)23-14(20)17-11-13(19)16-9-10-18-24(21,22)12-7-5-4-6-8-12/h4-8,18H,9-11H2,1-3H3,(H,16,19)(H,17,20). The van der Waals surface area contributed by atoms with Gasteiger partial charge in [-0.1, -0.05) is 18.2 Å². The SMILES string of the molecule is CC(C)(C)OC(=O)NCC(=O)NCCNS(=O)(=O)c1ccccc1. The van der Waals surface area contributed by atoms with Crippen molar-refractivity contribution in [2.45, 2.75) is 31.3 Å². The third-order valence-electron chi connectivity index (χ3n) is 2.58. The second-order valence-electron chi connectivity index (χ2n) is 5.92. The van der Waals surface area contributed by atoms with Gasteiger partial charge in [0.25, 0.3) is 0 Å². The van der Waals surface area contributed by atoms with Crippen molar-refractivity contribution in [2.24, 2.45) is 0 Å². The van der Waals surface area contributed by atoms with Crippen LogP contribution in [0.3, 0.4) is 0 Å². The maximum absolute atomic E-state index is 11.9. The quantitative estimate of drug-likeness (QED) is 0.619. The Morgan fingerprint density at radius 3 is 2.25 bits per heavy atom. The maximum Gasteiger partial charge on any atom is 0.408 e. The van der Waals surface area contributed by atoms with Crippen molar-refractivity contribution in [3.05, 3.63) is 30.3 Å². The Labute approximate surface area is 142 Å². The molecule has 0 saturated heterocycles. The highest BCUT2D eigenvalue weighted by molar-refractivity contribution is 7.89. The summed E-state index contributed by atoms with van der Waals surface area (Å²) in [6.07, 6.45) is -0.692. The van der Waals surface area contributed by atoms with Gasteiger partial charge in [-0.3, -0.25) is 4.79 Å². The molecule has 0 aliphatic rings. The van der Waals surface area contributed by atoms with Crippen LogP contribution < -0.4 is 15.4 Å². The van der Waals surface area contributed by atoms with Gasteiger partial charge >= 0.3 is 6.09 Å². The third-order valence-corrected chi connectivity index (χ3v) is 4.06. The lowest BCUT2D eigenvalue weighted by Gasteiger charge is -2.19. The normalized spacial score (nSPS) is 11.6. The third kappa shape index (κ3) is 7.93. The molecule has 24 heavy (non-hydrogen) atoms. The summed E-state index contributed by atoms with van der Waals surface area (Å²) >= 11 is 0. The van der Waals surface area contributed by atoms with E-state index in [1.165, 1.54) is 12.1 Å². The van der Waals surface area contributed by atoms with Crippen molar-refractivity contribution in [2.75, 3.05) is 19.6 Å². The van der Waals surface area contributed by atoms with Gasteiger partial charge in [-0.25, -0.2) is 17.9 Å². The molecule has 0 aromatic heterocycles. The van der Waals surface area contributed by atoms with E-state index in [9.17, 15) is 18.0 Å². The van der Waals surface area contributed by atoms with E-state index in [0.717, 1.165) is 0 Å². The first kappa shape index (κ1) is 19.9. The highest BCUT2D eigenvalue weighted by Gasteiger charge is 2.16. The summed E-state index contributed by atoms with van der Waals surface area (Å²) in [5.74, 6) is -0.445. The fourth-order valence-corrected chi connectivity index (χ4v) is 2.65. The molecule has 0 radical (unpaired) electrons. The molecule has 3 N–H and O–H groups in total. The van der Waals surface area contributed by atoms with Crippen LogP contribution in [0.4, 0.5) is 4.79 Å². The lowest BCUT2D eigenvalue weighted by Crippen LogP contribution is -2.41. The number of hydrogen-bond donors (Lipinski definition) is 3. The van der Waals surface area contributed by atoms with Crippen molar-refractivity contribution < 1.29 is 22.7 Å². The van der Waals surface area contributed by atoms with Gasteiger partial charge in [0.05, 0.1) is 11.4 Å². The molecule has 0 heterocycles. The number of hydrogen-bond acceptors (Lipinski definition) is 5. The van der Waals surface area contributed by atoms with E-state index >= 15 is 0 Å². The largest absolute Gasteiger partial charge is 0.444 e. The first-order valence-electron chi connectivity index (χ1n) is 7.38. The Morgan fingerprint density at radius 1 is 1.04 bits per heavy atom. The number of carbonyl (C=O) groups excluding carboxylic acids is 2. The number of carbonyl (C=O) groups is 2. The minimum Gasteiger partial charge on any atom is -0.444 e. The molecule has 134 valence electrons. The summed E-state index contributed by atoms with van der Waals surface area (Å²) in [4.78, 5) is 23.1. The molecule has 0 bridgehead atoms. The van der Waals surface area contributed by atoms with Crippen LogP contribution in [-0.4, -0.2) is 45.7 Å². The second kappa shape index (κ2) is 8.65. The fourth-order valence-electron chi connectivity index (χ4n) is 1.60. The minimum atomic E-state index is -3.60. The maximum atomic E-state index is 11.9. The summed E-state index contributed by atoms with van der Waals surface area (Å²) in [6.45, 7) is 5.03. The number of nitrogens with one attached hydrogen (secondary N) is 3. The van der Waals surface area contributed by atoms with E-state index in [1.54, 1.807) is 39.0 Å². The summed E-state index contributed by atoms with van der Waals surface area (Å²) < 4.78 is 31.2. The van der Waals surface area contributed by atoms with E-state index in [2.05, 4.69) is 15.4 Å². The van der Waals surface area contributed by atoms with Gasteiger partial charge in [-0.2, -0.15) is 0 Å². The zero-order valence-electron chi connectivity index (χ0n) is 14.0. The highest BCUT2D eigenvalue weighted by atomic mass is 32.2. The van der Waals surface area contributed by atoms with Crippen molar-refractivity contribution in [3.63, 3.8) is 0 Å². The molecule has 0 unspecified atom stereocenters. The predicted octanol–water partition coefficient (Wildman–Crippen LogP) is 0.606. The zero-order chi connectivity index (χ0) is 18.2. The van der Waals surface area contributed by atoms with E-state index in [4.69, 9.17) is 4.74 Å². The van der Waals surface area contributed by atoms with Gasteiger partial charge in [-0.15, -0.1) is 0 Å². The van der Waals surface area contributed by atoms with E-state index in [-0.39, 0.29) is 24.5 Å². The van der Waals surface area contributed by atoms with Crippen LogP contribution in [0, 0.1) is 0 Å². The van der Waals surface area contributed by atoms with Crippen molar-refractivity contribution in [3.8, 4) is 0 Å². The monoisotopic (exact) mass is 357 g/mol. The van der Waals surface area contributed by atoms with E-state index in [1.807, 2.05) is 0 Å². The topological polar surface area (TPSA) is 114 Å². The van der Waals surface area contributed by atoms with Crippen molar-refractivity contribution in [1.82, 2.24) is 15.4 Å². The van der Waals surface area contributed by atoms with Gasteiger partial charge in [0.2, 0.25) is 15.9 Å². The number of ether oxygens (including phenoxy) is 1. The number of amides is 2. The average Bonchev–Trinajstić information content (AvgIpc) is 2.49. The molecule has 0 fully saturated rings. The molecule has 1 aromatic carbocycles. The molecule has 0 atom stereocenters. The molecular formula is C15H23N3O5S. The van der Waals surface area contributed by atoms with Gasteiger partial charge in [-0.05, 0) is 32.9 Å². The lowest BCUT2D eigenvalue weighted by molar-refractivity contribution is -0.120. The number of sulfonamides is 1. The average molecular weight is 357 g/mol. The highest BCUT2D eigenvalue weighted by Crippen LogP contribution is 2.06. The van der Waals surface area contributed by atoms with Crippen LogP contribution in [-0.2, 0) is 19.6 Å². The molecule has 0 aliphatic heterocycles. The van der Waals surface area contributed by atoms with Gasteiger partial charge < -0.3 is 15.4 Å². The Kier molecular flexibility index (Phi) is 7.18. The lowest BCUT2D eigenvalue weighted by atomic mass is 10.2. The summed E-state index contributed by atoms with van der Waals surface area (Å²) in [7, 11) is -3.60. The Hall–Kier alpha value is -2.13. The molecule has 1 rings (SSSR count). The van der Waals surface area contributed by atoms with Crippen LogP contribution in [0.5, 0.6) is 0 Å². The van der Waals surface area contributed by atoms with Gasteiger partial charge in [0, 0.05) is 13.1 Å². The van der Waals surface area contributed by atoms with Crippen LogP contribution in [0.25, 0.3) is 0 Å². The fraction of sp³-hybridized carbons (Fsp3) is 0.467. The number of benzene rings is 1. The van der Waals surface area contributed by atoms with Crippen molar-refractivity contribution >= 4 is 22.0 Å². The molecule has 0 saturated carbocycles. The van der Waals surface area contributed by atoms with Crippen LogP contribution in [0.2, 0.25) is 0 Å². The molecule has 8 nitrogen and oxygen atoms in total. The zero-order valence-corrected chi connectivity index (χ0v) is 14.8. The van der Waals surface area contributed by atoms with Crippen LogP contribution >= 0.6 is 0 Å². The Bertz CT molecular complexity index is 653.